The zero-order chi connectivity index (χ0) is 22.9. The summed E-state index contributed by atoms with van der Waals surface area (Å²) in [7, 11) is 1.75. The topological polar surface area (TPSA) is 60.9 Å². The molecule has 4 rings (SSSR count). The van der Waals surface area contributed by atoms with Crippen LogP contribution in [0, 0.1) is 5.92 Å². The number of amides is 3. The van der Waals surface area contributed by atoms with Crippen molar-refractivity contribution < 1.29 is 14.4 Å². The van der Waals surface area contributed by atoms with Crippen molar-refractivity contribution in [1.82, 2.24) is 9.80 Å². The van der Waals surface area contributed by atoms with Gasteiger partial charge in [0, 0.05) is 39.1 Å². The maximum absolute atomic E-state index is 13.3. The van der Waals surface area contributed by atoms with Crippen LogP contribution in [0.4, 0.5) is 5.69 Å². The molecule has 2 aromatic rings. The molecule has 2 aliphatic rings. The van der Waals surface area contributed by atoms with E-state index in [4.69, 9.17) is 0 Å². The van der Waals surface area contributed by atoms with Gasteiger partial charge in [0.15, 0.2) is 0 Å². The first-order valence-corrected chi connectivity index (χ1v) is 11.3. The highest BCUT2D eigenvalue weighted by atomic mass is 16.2. The first kappa shape index (κ1) is 22.1. The van der Waals surface area contributed by atoms with E-state index in [1.54, 1.807) is 22.9 Å². The Morgan fingerprint density at radius 2 is 1.41 bits per heavy atom. The van der Waals surface area contributed by atoms with Gasteiger partial charge in [-0.2, -0.15) is 0 Å². The molecule has 0 bridgehead atoms. The van der Waals surface area contributed by atoms with Crippen LogP contribution in [0.2, 0.25) is 0 Å². The van der Waals surface area contributed by atoms with E-state index in [0.29, 0.717) is 37.4 Å². The molecule has 6 nitrogen and oxygen atoms in total. The number of rotatable bonds is 5. The van der Waals surface area contributed by atoms with E-state index >= 15 is 0 Å². The van der Waals surface area contributed by atoms with Crippen LogP contribution in [0.5, 0.6) is 0 Å². The Morgan fingerprint density at radius 1 is 0.844 bits per heavy atom. The average molecular weight is 434 g/mol. The van der Waals surface area contributed by atoms with Crippen molar-refractivity contribution in [3.05, 3.63) is 65.7 Å². The van der Waals surface area contributed by atoms with Gasteiger partial charge in [-0.1, -0.05) is 42.5 Å². The Bertz CT molecular complexity index is 1010. The molecule has 1 saturated carbocycles. The number of carbonyl (C=O) groups excluding carboxylic acids is 3. The van der Waals surface area contributed by atoms with E-state index in [1.807, 2.05) is 67.3 Å². The van der Waals surface area contributed by atoms with E-state index in [9.17, 15) is 14.4 Å². The smallest absolute Gasteiger partial charge is 0.256 e. The molecule has 2 aromatic carbocycles. The third kappa shape index (κ3) is 4.27. The summed E-state index contributed by atoms with van der Waals surface area (Å²) in [5, 5.41) is 0. The number of para-hydroxylation sites is 1. The van der Waals surface area contributed by atoms with Crippen LogP contribution in [-0.4, -0.2) is 60.7 Å². The number of piperazine rings is 1. The Hall–Kier alpha value is -3.15. The van der Waals surface area contributed by atoms with Crippen LogP contribution in [0.3, 0.4) is 0 Å². The molecule has 2 fully saturated rings. The SMILES string of the molecule is CN(C(=O)C1CC1)c1ccccc1C(=O)N1CCN(C(=O)C(C)(C)c2ccccc2)CC1. The van der Waals surface area contributed by atoms with E-state index in [2.05, 4.69) is 0 Å². The van der Waals surface area contributed by atoms with Gasteiger partial charge in [0.05, 0.1) is 16.7 Å². The fourth-order valence-electron chi connectivity index (χ4n) is 4.33. The molecule has 1 aliphatic carbocycles. The van der Waals surface area contributed by atoms with Gasteiger partial charge in [-0.15, -0.1) is 0 Å². The first-order chi connectivity index (χ1) is 15.3. The molecule has 0 spiro atoms. The molecular formula is C26H31N3O3. The zero-order valence-electron chi connectivity index (χ0n) is 19.1. The van der Waals surface area contributed by atoms with Crippen LogP contribution < -0.4 is 4.90 Å². The summed E-state index contributed by atoms with van der Waals surface area (Å²) in [5.74, 6) is 0.144. The predicted octanol–water partition coefficient (Wildman–Crippen LogP) is 3.32. The summed E-state index contributed by atoms with van der Waals surface area (Å²) in [6.45, 7) is 5.85. The van der Waals surface area contributed by atoms with Crippen molar-refractivity contribution in [1.29, 1.82) is 0 Å². The lowest BCUT2D eigenvalue weighted by Gasteiger charge is -2.39. The highest BCUT2D eigenvalue weighted by molar-refractivity contribution is 6.05. The molecule has 0 unspecified atom stereocenters. The second-order valence-corrected chi connectivity index (χ2v) is 9.26. The second kappa shape index (κ2) is 8.77. The van der Waals surface area contributed by atoms with E-state index in [-0.39, 0.29) is 23.6 Å². The van der Waals surface area contributed by atoms with Crippen molar-refractivity contribution in [3.8, 4) is 0 Å². The van der Waals surface area contributed by atoms with Gasteiger partial charge in [0.1, 0.15) is 0 Å². The quantitative estimate of drug-likeness (QED) is 0.727. The second-order valence-electron chi connectivity index (χ2n) is 9.26. The fourth-order valence-corrected chi connectivity index (χ4v) is 4.33. The van der Waals surface area contributed by atoms with Gasteiger partial charge in [-0.05, 0) is 44.4 Å². The van der Waals surface area contributed by atoms with Gasteiger partial charge < -0.3 is 14.7 Å². The Labute approximate surface area is 189 Å². The molecule has 1 heterocycles. The highest BCUT2D eigenvalue weighted by Gasteiger charge is 2.37. The third-order valence-electron chi connectivity index (χ3n) is 6.64. The summed E-state index contributed by atoms with van der Waals surface area (Å²) in [6, 6.07) is 17.1. The van der Waals surface area contributed by atoms with E-state index in [1.165, 1.54) is 0 Å². The first-order valence-electron chi connectivity index (χ1n) is 11.3. The Balaban J connectivity index is 1.43. The molecule has 0 radical (unpaired) electrons. The summed E-state index contributed by atoms with van der Waals surface area (Å²) in [6.07, 6.45) is 1.85. The molecule has 0 aromatic heterocycles. The monoisotopic (exact) mass is 433 g/mol. The molecule has 32 heavy (non-hydrogen) atoms. The van der Waals surface area contributed by atoms with Crippen molar-refractivity contribution in [2.24, 2.45) is 5.92 Å². The molecule has 6 heteroatoms. The third-order valence-corrected chi connectivity index (χ3v) is 6.64. The van der Waals surface area contributed by atoms with Gasteiger partial charge in [0.25, 0.3) is 5.91 Å². The highest BCUT2D eigenvalue weighted by Crippen LogP contribution is 2.33. The predicted molar refractivity (Wildman–Crippen MR) is 125 cm³/mol. The lowest BCUT2D eigenvalue weighted by Crippen LogP contribution is -2.54. The summed E-state index contributed by atoms with van der Waals surface area (Å²) in [4.78, 5) is 44.3. The maximum Gasteiger partial charge on any atom is 0.256 e. The number of nitrogens with zero attached hydrogens (tertiary/aromatic N) is 3. The summed E-state index contributed by atoms with van der Waals surface area (Å²) < 4.78 is 0. The number of benzene rings is 2. The standard InChI is InChI=1S/C26H31N3O3/c1-26(2,20-9-5-4-6-10-20)25(32)29-17-15-28(16-18-29)24(31)21-11-7-8-12-22(21)27(3)23(30)19-13-14-19/h4-12,19H,13-18H2,1-3H3. The van der Waals surface area contributed by atoms with E-state index in [0.717, 1.165) is 18.4 Å². The maximum atomic E-state index is 13.3. The molecule has 1 aliphatic heterocycles. The van der Waals surface area contributed by atoms with Crippen molar-refractivity contribution in [2.75, 3.05) is 38.1 Å². The largest absolute Gasteiger partial charge is 0.338 e. The van der Waals surface area contributed by atoms with Gasteiger partial charge in [-0.25, -0.2) is 0 Å². The summed E-state index contributed by atoms with van der Waals surface area (Å²) >= 11 is 0. The van der Waals surface area contributed by atoms with Gasteiger partial charge in [0.2, 0.25) is 11.8 Å². The number of hydrogen-bond acceptors (Lipinski definition) is 3. The normalized spacial score (nSPS) is 16.6. The lowest BCUT2D eigenvalue weighted by atomic mass is 9.83. The van der Waals surface area contributed by atoms with Gasteiger partial charge >= 0.3 is 0 Å². The minimum Gasteiger partial charge on any atom is -0.338 e. The van der Waals surface area contributed by atoms with Crippen LogP contribution in [0.25, 0.3) is 0 Å². The zero-order valence-corrected chi connectivity index (χ0v) is 19.1. The Morgan fingerprint density at radius 3 is 2.03 bits per heavy atom. The minimum atomic E-state index is -0.619. The van der Waals surface area contributed by atoms with Crippen LogP contribution in [0.15, 0.2) is 54.6 Å². The van der Waals surface area contributed by atoms with Crippen LogP contribution >= 0.6 is 0 Å². The van der Waals surface area contributed by atoms with Gasteiger partial charge in [-0.3, -0.25) is 14.4 Å². The van der Waals surface area contributed by atoms with Crippen molar-refractivity contribution in [2.45, 2.75) is 32.1 Å². The number of hydrogen-bond donors (Lipinski definition) is 0. The Kier molecular flexibility index (Phi) is 6.04. The fraction of sp³-hybridized carbons (Fsp3) is 0.423. The molecule has 0 atom stereocenters. The summed E-state index contributed by atoms with van der Waals surface area (Å²) in [5.41, 5.74) is 1.55. The van der Waals surface area contributed by atoms with Crippen LogP contribution in [0.1, 0.15) is 42.6 Å². The van der Waals surface area contributed by atoms with Crippen LogP contribution in [-0.2, 0) is 15.0 Å². The number of anilines is 1. The van der Waals surface area contributed by atoms with Crippen molar-refractivity contribution in [3.63, 3.8) is 0 Å². The minimum absolute atomic E-state index is 0.0730. The molecular weight excluding hydrogens is 402 g/mol. The molecule has 1 saturated heterocycles. The average Bonchev–Trinajstić information content (AvgIpc) is 3.68. The molecule has 168 valence electrons. The number of carbonyl (C=O) groups is 3. The molecule has 0 N–H and O–H groups in total. The van der Waals surface area contributed by atoms with E-state index < -0.39 is 5.41 Å². The lowest BCUT2D eigenvalue weighted by molar-refractivity contribution is -0.137. The molecule has 3 amide bonds. The van der Waals surface area contributed by atoms with Crippen molar-refractivity contribution >= 4 is 23.4 Å².